The summed E-state index contributed by atoms with van der Waals surface area (Å²) < 4.78 is 11.3. The Kier molecular flexibility index (Phi) is 3.36. The van der Waals surface area contributed by atoms with Gasteiger partial charge in [0.05, 0.1) is 13.2 Å². The Hall–Kier alpha value is -2.02. The third-order valence-corrected chi connectivity index (χ3v) is 4.28. The van der Waals surface area contributed by atoms with Crippen molar-refractivity contribution in [2.45, 2.75) is 30.9 Å². The third kappa shape index (κ3) is 2.49. The van der Waals surface area contributed by atoms with E-state index in [1.807, 2.05) is 6.07 Å². The van der Waals surface area contributed by atoms with Crippen LogP contribution < -0.4 is 15.2 Å². The van der Waals surface area contributed by atoms with E-state index in [-0.39, 0.29) is 11.6 Å². The molecule has 3 N–H and O–H groups in total. The Labute approximate surface area is 122 Å². The van der Waals surface area contributed by atoms with E-state index < -0.39 is 6.09 Å². The fourth-order valence-electron chi connectivity index (χ4n) is 3.09. The highest BCUT2D eigenvalue weighted by atomic mass is 16.5. The van der Waals surface area contributed by atoms with Gasteiger partial charge in [0, 0.05) is 38.4 Å². The summed E-state index contributed by atoms with van der Waals surface area (Å²) in [5.74, 6) is 1.20. The Bertz CT molecular complexity index is 555. The molecule has 1 fully saturated rings. The number of ether oxygens (including phenoxy) is 2. The van der Waals surface area contributed by atoms with Gasteiger partial charge in [-0.3, -0.25) is 0 Å². The van der Waals surface area contributed by atoms with Crippen molar-refractivity contribution < 1.29 is 19.4 Å². The van der Waals surface area contributed by atoms with E-state index in [4.69, 9.17) is 20.3 Å². The van der Waals surface area contributed by atoms with Gasteiger partial charge in [-0.25, -0.2) is 9.78 Å². The Morgan fingerprint density at radius 2 is 2.24 bits per heavy atom. The van der Waals surface area contributed by atoms with E-state index in [0.717, 1.165) is 0 Å². The zero-order valence-electron chi connectivity index (χ0n) is 11.9. The molecule has 1 saturated heterocycles. The summed E-state index contributed by atoms with van der Waals surface area (Å²) in [6, 6.07) is 3.35. The molecule has 2 aliphatic rings. The summed E-state index contributed by atoms with van der Waals surface area (Å²) in [7, 11) is 1.56. The largest absolute Gasteiger partial charge is 0.485 e. The Morgan fingerprint density at radius 1 is 1.52 bits per heavy atom. The molecule has 0 saturated carbocycles. The lowest BCUT2D eigenvalue weighted by Crippen LogP contribution is -2.52. The molecule has 21 heavy (non-hydrogen) atoms. The van der Waals surface area contributed by atoms with Gasteiger partial charge in [0.25, 0.3) is 0 Å². The average molecular weight is 293 g/mol. The van der Waals surface area contributed by atoms with Crippen LogP contribution in [0.25, 0.3) is 0 Å². The van der Waals surface area contributed by atoms with Gasteiger partial charge in [-0.05, 0) is 6.07 Å². The lowest BCUT2D eigenvalue weighted by Gasteiger charge is -2.45. The molecule has 1 amide bonds. The summed E-state index contributed by atoms with van der Waals surface area (Å²) in [6.07, 6.45) is 1.07. The maximum absolute atomic E-state index is 11.0. The first-order valence-electron chi connectivity index (χ1n) is 7.00. The molecule has 1 aromatic rings. The number of hydrogen-bond donors (Lipinski definition) is 2. The number of rotatable bonds is 1. The second kappa shape index (κ2) is 5.07. The molecule has 0 radical (unpaired) electrons. The maximum Gasteiger partial charge on any atom is 0.407 e. The number of nitrogens with zero attached hydrogens (tertiary/aromatic N) is 2. The van der Waals surface area contributed by atoms with Crippen LogP contribution in [-0.4, -0.2) is 46.9 Å². The van der Waals surface area contributed by atoms with Crippen molar-refractivity contribution in [2.24, 2.45) is 5.73 Å². The smallest absolute Gasteiger partial charge is 0.407 e. The fourth-order valence-corrected chi connectivity index (χ4v) is 3.09. The molecule has 1 atom stereocenters. The SMILES string of the molecule is COc1ccc2c(n1)[C@@H](N)CC1(CCN(C(=O)O)CC1)O2. The Balaban J connectivity index is 1.81. The molecular formula is C14H19N3O4. The maximum atomic E-state index is 11.0. The molecule has 0 aromatic carbocycles. The fraction of sp³-hybridized carbons (Fsp3) is 0.571. The van der Waals surface area contributed by atoms with Gasteiger partial charge in [0.1, 0.15) is 17.0 Å². The van der Waals surface area contributed by atoms with Gasteiger partial charge in [-0.1, -0.05) is 0 Å². The number of piperidine rings is 1. The normalized spacial score (nSPS) is 23.3. The third-order valence-electron chi connectivity index (χ3n) is 4.28. The van der Waals surface area contributed by atoms with Crippen molar-refractivity contribution >= 4 is 6.09 Å². The number of fused-ring (bicyclic) bond motifs is 1. The van der Waals surface area contributed by atoms with Crippen molar-refractivity contribution in [2.75, 3.05) is 20.2 Å². The van der Waals surface area contributed by atoms with Crippen LogP contribution in [0.1, 0.15) is 31.0 Å². The van der Waals surface area contributed by atoms with Gasteiger partial charge in [-0.15, -0.1) is 0 Å². The van der Waals surface area contributed by atoms with Gasteiger partial charge < -0.3 is 25.2 Å². The van der Waals surface area contributed by atoms with Crippen molar-refractivity contribution in [3.05, 3.63) is 17.8 Å². The molecule has 7 nitrogen and oxygen atoms in total. The number of likely N-dealkylation sites (tertiary alicyclic amines) is 1. The average Bonchev–Trinajstić information content (AvgIpc) is 2.47. The molecule has 0 unspecified atom stereocenters. The van der Waals surface area contributed by atoms with Gasteiger partial charge in [0.2, 0.25) is 5.88 Å². The first kappa shape index (κ1) is 13.9. The molecule has 3 rings (SSSR count). The second-order valence-corrected chi connectivity index (χ2v) is 5.60. The van der Waals surface area contributed by atoms with Crippen LogP contribution in [-0.2, 0) is 0 Å². The van der Waals surface area contributed by atoms with Crippen molar-refractivity contribution in [3.63, 3.8) is 0 Å². The van der Waals surface area contributed by atoms with Crippen LogP contribution in [0.15, 0.2) is 12.1 Å². The molecule has 1 aromatic heterocycles. The Morgan fingerprint density at radius 3 is 2.86 bits per heavy atom. The molecule has 2 aliphatic heterocycles. The molecule has 3 heterocycles. The lowest BCUT2D eigenvalue weighted by molar-refractivity contribution is -0.0188. The number of hydrogen-bond acceptors (Lipinski definition) is 5. The highest BCUT2D eigenvalue weighted by Crippen LogP contribution is 2.43. The van der Waals surface area contributed by atoms with Gasteiger partial charge >= 0.3 is 6.09 Å². The van der Waals surface area contributed by atoms with Crippen LogP contribution in [0, 0.1) is 0 Å². The van der Waals surface area contributed by atoms with Gasteiger partial charge in [-0.2, -0.15) is 0 Å². The topological polar surface area (TPSA) is 97.9 Å². The molecule has 114 valence electrons. The zero-order valence-corrected chi connectivity index (χ0v) is 11.9. The van der Waals surface area contributed by atoms with Crippen LogP contribution in [0.3, 0.4) is 0 Å². The number of methoxy groups -OCH3 is 1. The minimum atomic E-state index is -0.878. The minimum Gasteiger partial charge on any atom is -0.485 e. The van der Waals surface area contributed by atoms with Crippen LogP contribution in [0.5, 0.6) is 11.6 Å². The highest BCUT2D eigenvalue weighted by Gasteiger charge is 2.43. The summed E-state index contributed by atoms with van der Waals surface area (Å²) in [4.78, 5) is 16.8. The van der Waals surface area contributed by atoms with Crippen LogP contribution >= 0.6 is 0 Å². The van der Waals surface area contributed by atoms with Crippen LogP contribution in [0.2, 0.25) is 0 Å². The summed E-state index contributed by atoms with van der Waals surface area (Å²) >= 11 is 0. The molecule has 0 aliphatic carbocycles. The molecular weight excluding hydrogens is 274 g/mol. The van der Waals surface area contributed by atoms with E-state index in [1.54, 1.807) is 13.2 Å². The summed E-state index contributed by atoms with van der Waals surface area (Å²) in [5.41, 5.74) is 6.57. The molecule has 7 heteroatoms. The number of amides is 1. The van der Waals surface area contributed by atoms with E-state index in [9.17, 15) is 4.79 Å². The first-order chi connectivity index (χ1) is 10.0. The number of nitrogens with two attached hydrogens (primary N) is 1. The van der Waals surface area contributed by atoms with E-state index in [0.29, 0.717) is 49.7 Å². The predicted octanol–water partition coefficient (Wildman–Crippen LogP) is 1.39. The monoisotopic (exact) mass is 293 g/mol. The highest BCUT2D eigenvalue weighted by molar-refractivity contribution is 5.65. The van der Waals surface area contributed by atoms with Gasteiger partial charge in [0.15, 0.2) is 0 Å². The number of carbonyl (C=O) groups is 1. The molecule has 0 bridgehead atoms. The van der Waals surface area contributed by atoms with Crippen molar-refractivity contribution in [3.8, 4) is 11.6 Å². The zero-order chi connectivity index (χ0) is 15.0. The summed E-state index contributed by atoms with van der Waals surface area (Å²) in [6.45, 7) is 0.946. The second-order valence-electron chi connectivity index (χ2n) is 5.60. The predicted molar refractivity (Wildman–Crippen MR) is 74.5 cm³/mol. The first-order valence-corrected chi connectivity index (χ1v) is 7.00. The quantitative estimate of drug-likeness (QED) is 0.812. The van der Waals surface area contributed by atoms with Crippen molar-refractivity contribution in [1.29, 1.82) is 0 Å². The number of carboxylic acid groups (broad SMARTS) is 1. The van der Waals surface area contributed by atoms with Crippen LogP contribution in [0.4, 0.5) is 4.79 Å². The van der Waals surface area contributed by atoms with Crippen molar-refractivity contribution in [1.82, 2.24) is 9.88 Å². The van der Waals surface area contributed by atoms with E-state index in [2.05, 4.69) is 4.98 Å². The summed E-state index contributed by atoms with van der Waals surface area (Å²) in [5, 5.41) is 9.03. The van der Waals surface area contributed by atoms with E-state index in [1.165, 1.54) is 4.90 Å². The lowest BCUT2D eigenvalue weighted by atomic mass is 9.82. The van der Waals surface area contributed by atoms with E-state index >= 15 is 0 Å². The number of pyridine rings is 1. The standard InChI is InChI=1S/C14H19N3O4/c1-20-11-3-2-10-12(16-11)9(15)8-14(21-10)4-6-17(7-5-14)13(18)19/h2-3,9H,4-8,15H2,1H3,(H,18,19)/t9-/m0/s1. The number of aromatic nitrogens is 1. The minimum absolute atomic E-state index is 0.222. The molecule has 1 spiro atoms.